The molecule has 0 bridgehead atoms. The predicted octanol–water partition coefficient (Wildman–Crippen LogP) is -0.391. The molecule has 0 spiro atoms. The second-order valence-electron chi connectivity index (χ2n) is 3.83. The molecular weight excluding hydrogens is 200 g/mol. The van der Waals surface area contributed by atoms with E-state index in [0.717, 1.165) is 12.8 Å². The van der Waals surface area contributed by atoms with Crippen LogP contribution in [0.2, 0.25) is 0 Å². The quantitative estimate of drug-likeness (QED) is 0.637. The largest absolute Gasteiger partial charge is 0.355 e. The second-order valence-corrected chi connectivity index (χ2v) is 5.39. The molecular formula is C9H18N2O2S. The van der Waals surface area contributed by atoms with E-state index >= 15 is 0 Å². The summed E-state index contributed by atoms with van der Waals surface area (Å²) in [5.41, 5.74) is 5.79. The number of hydrogen-bond donors (Lipinski definition) is 2. The molecule has 1 rings (SSSR count). The van der Waals surface area contributed by atoms with E-state index in [2.05, 4.69) is 5.32 Å². The molecule has 5 heteroatoms. The van der Waals surface area contributed by atoms with Crippen molar-refractivity contribution in [2.45, 2.75) is 25.3 Å². The summed E-state index contributed by atoms with van der Waals surface area (Å²) in [6.07, 6.45) is 4.35. The smallest absolute Gasteiger partial charge is 0.221 e. The van der Waals surface area contributed by atoms with Crippen molar-refractivity contribution in [1.82, 2.24) is 5.32 Å². The van der Waals surface area contributed by atoms with Crippen LogP contribution in [-0.4, -0.2) is 34.7 Å². The van der Waals surface area contributed by atoms with Gasteiger partial charge in [0.15, 0.2) is 0 Å². The van der Waals surface area contributed by atoms with Gasteiger partial charge in [0, 0.05) is 41.8 Å². The molecule has 2 atom stereocenters. The SMILES string of the molecule is CS(=O)CCNC(=O)CC(N)C1CC1. The van der Waals surface area contributed by atoms with E-state index in [-0.39, 0.29) is 11.9 Å². The van der Waals surface area contributed by atoms with Crippen molar-refractivity contribution in [1.29, 1.82) is 0 Å². The Morgan fingerprint density at radius 2 is 2.29 bits per heavy atom. The number of hydrogen-bond acceptors (Lipinski definition) is 3. The molecule has 1 aliphatic rings. The zero-order chi connectivity index (χ0) is 10.6. The van der Waals surface area contributed by atoms with Crippen molar-refractivity contribution in [3.63, 3.8) is 0 Å². The molecule has 82 valence electrons. The molecule has 1 aliphatic carbocycles. The molecule has 0 heterocycles. The molecule has 3 N–H and O–H groups in total. The lowest BCUT2D eigenvalue weighted by atomic mass is 10.1. The lowest BCUT2D eigenvalue weighted by Crippen LogP contribution is -2.34. The molecule has 1 saturated carbocycles. The van der Waals surface area contributed by atoms with Crippen molar-refractivity contribution in [3.8, 4) is 0 Å². The first-order valence-electron chi connectivity index (χ1n) is 4.92. The van der Waals surface area contributed by atoms with E-state index < -0.39 is 10.8 Å². The van der Waals surface area contributed by atoms with Crippen molar-refractivity contribution in [3.05, 3.63) is 0 Å². The molecule has 1 fully saturated rings. The van der Waals surface area contributed by atoms with Crippen LogP contribution in [0.3, 0.4) is 0 Å². The fraction of sp³-hybridized carbons (Fsp3) is 0.889. The molecule has 0 aromatic carbocycles. The Morgan fingerprint density at radius 1 is 1.64 bits per heavy atom. The number of nitrogens with two attached hydrogens (primary N) is 1. The van der Waals surface area contributed by atoms with Crippen LogP contribution >= 0.6 is 0 Å². The van der Waals surface area contributed by atoms with Gasteiger partial charge in [-0.3, -0.25) is 9.00 Å². The Bertz CT molecular complexity index is 229. The Hall–Kier alpha value is -0.420. The van der Waals surface area contributed by atoms with Crippen LogP contribution in [0, 0.1) is 5.92 Å². The molecule has 0 aromatic rings. The number of carbonyl (C=O) groups is 1. The van der Waals surface area contributed by atoms with Gasteiger partial charge in [0.05, 0.1) is 0 Å². The number of nitrogens with one attached hydrogen (secondary N) is 1. The van der Waals surface area contributed by atoms with Crippen LogP contribution in [0.15, 0.2) is 0 Å². The summed E-state index contributed by atoms with van der Waals surface area (Å²) in [5.74, 6) is 1.06. The van der Waals surface area contributed by atoms with Crippen LogP contribution in [0.5, 0.6) is 0 Å². The van der Waals surface area contributed by atoms with Gasteiger partial charge in [-0.2, -0.15) is 0 Å². The maximum atomic E-state index is 11.3. The van der Waals surface area contributed by atoms with Crippen molar-refractivity contribution in [2.24, 2.45) is 11.7 Å². The number of carbonyl (C=O) groups excluding carboxylic acids is 1. The van der Waals surface area contributed by atoms with Crippen LogP contribution in [-0.2, 0) is 15.6 Å². The Balaban J connectivity index is 2.05. The topological polar surface area (TPSA) is 72.2 Å². The van der Waals surface area contributed by atoms with Gasteiger partial charge in [-0.25, -0.2) is 0 Å². The third-order valence-corrected chi connectivity index (χ3v) is 3.14. The lowest BCUT2D eigenvalue weighted by Gasteiger charge is -2.09. The zero-order valence-corrected chi connectivity index (χ0v) is 9.31. The summed E-state index contributed by atoms with van der Waals surface area (Å²) < 4.78 is 10.7. The first-order valence-corrected chi connectivity index (χ1v) is 6.64. The van der Waals surface area contributed by atoms with Crippen molar-refractivity contribution >= 4 is 16.7 Å². The average molecular weight is 218 g/mol. The summed E-state index contributed by atoms with van der Waals surface area (Å²) in [5, 5.41) is 2.72. The third-order valence-electron chi connectivity index (χ3n) is 2.36. The zero-order valence-electron chi connectivity index (χ0n) is 8.49. The highest BCUT2D eigenvalue weighted by molar-refractivity contribution is 7.84. The van der Waals surface area contributed by atoms with Gasteiger partial charge >= 0.3 is 0 Å². The van der Waals surface area contributed by atoms with Gasteiger partial charge in [0.1, 0.15) is 0 Å². The van der Waals surface area contributed by atoms with Crippen LogP contribution in [0.1, 0.15) is 19.3 Å². The molecule has 2 unspecified atom stereocenters. The lowest BCUT2D eigenvalue weighted by molar-refractivity contribution is -0.121. The first kappa shape index (κ1) is 11.7. The first-order chi connectivity index (χ1) is 6.59. The van der Waals surface area contributed by atoms with E-state index in [1.807, 2.05) is 0 Å². The summed E-state index contributed by atoms with van der Waals surface area (Å²) >= 11 is 0. The molecule has 0 radical (unpaired) electrons. The Morgan fingerprint density at radius 3 is 2.79 bits per heavy atom. The molecule has 14 heavy (non-hydrogen) atoms. The highest BCUT2D eigenvalue weighted by Gasteiger charge is 2.29. The number of amides is 1. The summed E-state index contributed by atoms with van der Waals surface area (Å²) in [4.78, 5) is 11.3. The van der Waals surface area contributed by atoms with E-state index in [1.54, 1.807) is 6.26 Å². The van der Waals surface area contributed by atoms with E-state index in [0.29, 0.717) is 24.6 Å². The van der Waals surface area contributed by atoms with Gasteiger partial charge in [-0.15, -0.1) is 0 Å². The third kappa shape index (κ3) is 4.72. The normalized spacial score (nSPS) is 20.1. The van der Waals surface area contributed by atoms with Crippen LogP contribution < -0.4 is 11.1 Å². The predicted molar refractivity (Wildman–Crippen MR) is 57.3 cm³/mol. The fourth-order valence-electron chi connectivity index (χ4n) is 1.31. The number of rotatable bonds is 6. The van der Waals surface area contributed by atoms with Gasteiger partial charge in [0.2, 0.25) is 5.91 Å². The maximum Gasteiger partial charge on any atom is 0.221 e. The van der Waals surface area contributed by atoms with Crippen molar-refractivity contribution < 1.29 is 9.00 Å². The molecule has 1 amide bonds. The van der Waals surface area contributed by atoms with Crippen molar-refractivity contribution in [2.75, 3.05) is 18.6 Å². The fourth-order valence-corrected chi connectivity index (χ4v) is 1.70. The van der Waals surface area contributed by atoms with E-state index in [4.69, 9.17) is 5.73 Å². The molecule has 4 nitrogen and oxygen atoms in total. The highest BCUT2D eigenvalue weighted by atomic mass is 32.2. The van der Waals surface area contributed by atoms with E-state index in [1.165, 1.54) is 0 Å². The van der Waals surface area contributed by atoms with Crippen LogP contribution in [0.25, 0.3) is 0 Å². The molecule has 0 aromatic heterocycles. The Labute approximate surface area is 87.1 Å². The monoisotopic (exact) mass is 218 g/mol. The molecule has 0 aliphatic heterocycles. The average Bonchev–Trinajstić information content (AvgIpc) is 2.84. The summed E-state index contributed by atoms with van der Waals surface area (Å²) in [6.45, 7) is 0.485. The Kier molecular flexibility index (Phi) is 4.54. The molecule has 0 saturated heterocycles. The standard InChI is InChI=1S/C9H18N2O2S/c1-14(13)5-4-11-9(12)6-8(10)7-2-3-7/h7-8H,2-6,10H2,1H3,(H,11,12). The van der Waals surface area contributed by atoms with Gasteiger partial charge in [0.25, 0.3) is 0 Å². The summed E-state index contributed by atoms with van der Waals surface area (Å²) in [6, 6.07) is 0.0159. The highest BCUT2D eigenvalue weighted by Crippen LogP contribution is 2.32. The van der Waals surface area contributed by atoms with Crippen LogP contribution in [0.4, 0.5) is 0 Å². The maximum absolute atomic E-state index is 11.3. The minimum absolute atomic E-state index is 0.0159. The van der Waals surface area contributed by atoms with E-state index in [9.17, 15) is 9.00 Å². The second kappa shape index (κ2) is 5.46. The minimum Gasteiger partial charge on any atom is -0.355 e. The summed E-state index contributed by atoms with van der Waals surface area (Å²) in [7, 11) is -0.837. The minimum atomic E-state index is -0.837. The van der Waals surface area contributed by atoms with Gasteiger partial charge in [-0.1, -0.05) is 0 Å². The van der Waals surface area contributed by atoms with Gasteiger partial charge in [-0.05, 0) is 18.8 Å². The van der Waals surface area contributed by atoms with Gasteiger partial charge < -0.3 is 11.1 Å².